The molecule has 1 aromatic carbocycles. The van der Waals surface area contributed by atoms with E-state index in [4.69, 9.17) is 4.74 Å². The van der Waals surface area contributed by atoms with Crippen molar-refractivity contribution in [2.45, 2.75) is 39.2 Å². The van der Waals surface area contributed by atoms with Gasteiger partial charge in [0.25, 0.3) is 6.43 Å². The molecule has 0 spiro atoms. The summed E-state index contributed by atoms with van der Waals surface area (Å²) in [6, 6.07) is 8.16. The van der Waals surface area contributed by atoms with E-state index in [9.17, 15) is 13.6 Å². The molecule has 0 aliphatic rings. The van der Waals surface area contributed by atoms with Gasteiger partial charge in [-0.1, -0.05) is 29.8 Å². The molecule has 0 radical (unpaired) electrons. The van der Waals surface area contributed by atoms with Crippen LogP contribution in [0.5, 0.6) is 0 Å². The van der Waals surface area contributed by atoms with E-state index in [0.717, 1.165) is 5.57 Å². The molecule has 0 fully saturated rings. The molecule has 0 aliphatic heterocycles. The largest absolute Gasteiger partial charge is 0.453 e. The lowest BCUT2D eigenvalue weighted by Gasteiger charge is -2.16. The zero-order valence-corrected chi connectivity index (χ0v) is 11.1. The Bertz CT molecular complexity index is 423. The van der Waals surface area contributed by atoms with Crippen molar-refractivity contribution in [3.63, 3.8) is 0 Å². The van der Waals surface area contributed by atoms with Crippen LogP contribution in [-0.4, -0.2) is 18.5 Å². The molecule has 2 nitrogen and oxygen atoms in total. The third kappa shape index (κ3) is 5.64. The fourth-order valence-corrected chi connectivity index (χ4v) is 1.55. The van der Waals surface area contributed by atoms with Gasteiger partial charge < -0.3 is 4.74 Å². The van der Waals surface area contributed by atoms with Crippen molar-refractivity contribution >= 4 is 5.97 Å². The SMILES string of the molecule is CC(C)=CCCC(OC(=O)c1ccccc1)C(F)F. The highest BCUT2D eigenvalue weighted by molar-refractivity contribution is 5.89. The first-order valence-electron chi connectivity index (χ1n) is 6.18. The Balaban J connectivity index is 2.59. The monoisotopic (exact) mass is 268 g/mol. The highest BCUT2D eigenvalue weighted by atomic mass is 19.3. The zero-order valence-electron chi connectivity index (χ0n) is 11.1. The maximum Gasteiger partial charge on any atom is 0.338 e. The summed E-state index contributed by atoms with van der Waals surface area (Å²) in [6.07, 6.45) is -1.58. The lowest BCUT2D eigenvalue weighted by molar-refractivity contribution is -0.0361. The summed E-state index contributed by atoms with van der Waals surface area (Å²) in [5.74, 6) is -0.705. The minimum atomic E-state index is -2.67. The molecule has 19 heavy (non-hydrogen) atoms. The summed E-state index contributed by atoms with van der Waals surface area (Å²) in [5.41, 5.74) is 1.35. The molecule has 4 heteroatoms. The number of carbonyl (C=O) groups excluding carboxylic acids is 1. The van der Waals surface area contributed by atoms with E-state index in [1.807, 2.05) is 19.9 Å². The first-order valence-corrected chi connectivity index (χ1v) is 6.18. The second-order valence-electron chi connectivity index (χ2n) is 4.50. The van der Waals surface area contributed by atoms with Gasteiger partial charge in [-0.05, 0) is 38.8 Å². The first-order chi connectivity index (χ1) is 9.00. The van der Waals surface area contributed by atoms with E-state index in [1.165, 1.54) is 0 Å². The number of rotatable bonds is 6. The van der Waals surface area contributed by atoms with Crippen LogP contribution in [-0.2, 0) is 4.74 Å². The third-order valence-corrected chi connectivity index (χ3v) is 2.55. The second kappa shape index (κ2) is 7.67. The van der Waals surface area contributed by atoms with Crippen LogP contribution in [0.15, 0.2) is 42.0 Å². The van der Waals surface area contributed by atoms with Crippen molar-refractivity contribution in [3.8, 4) is 0 Å². The Morgan fingerprint density at radius 3 is 2.42 bits per heavy atom. The Hall–Kier alpha value is -1.71. The van der Waals surface area contributed by atoms with E-state index in [-0.39, 0.29) is 12.0 Å². The summed E-state index contributed by atoms with van der Waals surface area (Å²) in [5, 5.41) is 0. The second-order valence-corrected chi connectivity index (χ2v) is 4.50. The van der Waals surface area contributed by atoms with Gasteiger partial charge >= 0.3 is 5.97 Å². The number of hydrogen-bond acceptors (Lipinski definition) is 2. The predicted octanol–water partition coefficient (Wildman–Crippen LogP) is 4.22. The van der Waals surface area contributed by atoms with Gasteiger partial charge in [0.1, 0.15) is 0 Å². The Morgan fingerprint density at radius 2 is 1.89 bits per heavy atom. The zero-order chi connectivity index (χ0) is 14.3. The summed E-state index contributed by atoms with van der Waals surface area (Å²) in [7, 11) is 0. The molecule has 0 saturated heterocycles. The van der Waals surface area contributed by atoms with Crippen LogP contribution in [0.1, 0.15) is 37.0 Å². The maximum atomic E-state index is 12.8. The normalized spacial score (nSPS) is 12.1. The fraction of sp³-hybridized carbons (Fsp3) is 0.400. The summed E-state index contributed by atoms with van der Waals surface area (Å²) in [4.78, 5) is 11.7. The summed E-state index contributed by atoms with van der Waals surface area (Å²) in [6.45, 7) is 3.79. The van der Waals surface area contributed by atoms with E-state index in [2.05, 4.69) is 0 Å². The average molecular weight is 268 g/mol. The van der Waals surface area contributed by atoms with Crippen LogP contribution in [0, 0.1) is 0 Å². The van der Waals surface area contributed by atoms with Gasteiger partial charge in [0.15, 0.2) is 6.10 Å². The Kier molecular flexibility index (Phi) is 6.19. The Labute approximate surface area is 112 Å². The third-order valence-electron chi connectivity index (χ3n) is 2.55. The molecule has 0 bridgehead atoms. The number of alkyl halides is 2. The molecular weight excluding hydrogens is 250 g/mol. The van der Waals surface area contributed by atoms with Crippen molar-refractivity contribution in [2.24, 2.45) is 0 Å². The van der Waals surface area contributed by atoms with Gasteiger partial charge in [-0.25, -0.2) is 13.6 Å². The van der Waals surface area contributed by atoms with Gasteiger partial charge in [-0.3, -0.25) is 0 Å². The molecule has 104 valence electrons. The minimum absolute atomic E-state index is 0.126. The molecule has 0 heterocycles. The van der Waals surface area contributed by atoms with Gasteiger partial charge in [0.2, 0.25) is 0 Å². The quantitative estimate of drug-likeness (QED) is 0.570. The van der Waals surface area contributed by atoms with Crippen molar-refractivity contribution < 1.29 is 18.3 Å². The van der Waals surface area contributed by atoms with E-state index in [1.54, 1.807) is 30.3 Å². The van der Waals surface area contributed by atoms with Crippen LogP contribution in [0.2, 0.25) is 0 Å². The molecule has 1 atom stereocenters. The number of hydrogen-bond donors (Lipinski definition) is 0. The molecule has 0 saturated carbocycles. The molecule has 1 unspecified atom stereocenters. The summed E-state index contributed by atoms with van der Waals surface area (Å²) < 4.78 is 30.5. The molecule has 0 aliphatic carbocycles. The number of benzene rings is 1. The van der Waals surface area contributed by atoms with Gasteiger partial charge in [-0.2, -0.15) is 0 Å². The van der Waals surface area contributed by atoms with Crippen molar-refractivity contribution in [3.05, 3.63) is 47.5 Å². The van der Waals surface area contributed by atoms with Crippen molar-refractivity contribution in [2.75, 3.05) is 0 Å². The van der Waals surface area contributed by atoms with Crippen LogP contribution in [0.25, 0.3) is 0 Å². The number of carbonyl (C=O) groups is 1. The van der Waals surface area contributed by atoms with Gasteiger partial charge in [0, 0.05) is 0 Å². The summed E-state index contributed by atoms with van der Waals surface area (Å²) >= 11 is 0. The van der Waals surface area contributed by atoms with Crippen LogP contribution in [0.4, 0.5) is 8.78 Å². The van der Waals surface area contributed by atoms with Crippen LogP contribution < -0.4 is 0 Å². The van der Waals surface area contributed by atoms with E-state index < -0.39 is 18.5 Å². The minimum Gasteiger partial charge on any atom is -0.453 e. The number of allylic oxidation sites excluding steroid dienone is 2. The van der Waals surface area contributed by atoms with Gasteiger partial charge in [-0.15, -0.1) is 0 Å². The lowest BCUT2D eigenvalue weighted by atomic mass is 10.1. The topological polar surface area (TPSA) is 26.3 Å². The van der Waals surface area contributed by atoms with Gasteiger partial charge in [0.05, 0.1) is 5.56 Å². The molecule has 1 aromatic rings. The van der Waals surface area contributed by atoms with Crippen molar-refractivity contribution in [1.29, 1.82) is 0 Å². The number of esters is 1. The number of ether oxygens (including phenoxy) is 1. The molecule has 0 N–H and O–H groups in total. The lowest BCUT2D eigenvalue weighted by Crippen LogP contribution is -2.25. The van der Waals surface area contributed by atoms with Crippen molar-refractivity contribution in [1.82, 2.24) is 0 Å². The Morgan fingerprint density at radius 1 is 1.26 bits per heavy atom. The fourth-order valence-electron chi connectivity index (χ4n) is 1.55. The smallest absolute Gasteiger partial charge is 0.338 e. The first kappa shape index (κ1) is 15.3. The number of halogens is 2. The van der Waals surface area contributed by atoms with Crippen LogP contribution in [0.3, 0.4) is 0 Å². The van der Waals surface area contributed by atoms with Crippen LogP contribution >= 0.6 is 0 Å². The standard InChI is InChI=1S/C15H18F2O2/c1-11(2)7-6-10-13(14(16)17)19-15(18)12-8-4-3-5-9-12/h3-5,7-9,13-14H,6,10H2,1-2H3. The highest BCUT2D eigenvalue weighted by Crippen LogP contribution is 2.15. The highest BCUT2D eigenvalue weighted by Gasteiger charge is 2.24. The average Bonchev–Trinajstić information content (AvgIpc) is 2.37. The molecular formula is C15H18F2O2. The molecule has 0 aromatic heterocycles. The molecule has 1 rings (SSSR count). The van der Waals surface area contributed by atoms with E-state index >= 15 is 0 Å². The van der Waals surface area contributed by atoms with E-state index in [0.29, 0.717) is 6.42 Å². The predicted molar refractivity (Wildman–Crippen MR) is 70.3 cm³/mol. The molecule has 0 amide bonds. The maximum absolute atomic E-state index is 12.8.